The van der Waals surface area contributed by atoms with Gasteiger partial charge < -0.3 is 0 Å². The molecule has 78 valence electrons. The normalized spacial score (nSPS) is 8.00. The van der Waals surface area contributed by atoms with Crippen molar-refractivity contribution in [2.75, 3.05) is 0 Å². The molecule has 0 heteroatoms. The molecule has 0 aliphatic rings. The second-order valence-electron chi connectivity index (χ2n) is 3.18. The molecule has 0 N–H and O–H groups in total. The minimum atomic E-state index is 0.898. The van der Waals surface area contributed by atoms with Gasteiger partial charge in [0.1, 0.15) is 0 Å². The van der Waals surface area contributed by atoms with Gasteiger partial charge in [-0.15, -0.1) is 0 Å². The van der Waals surface area contributed by atoms with Gasteiger partial charge in [0.25, 0.3) is 0 Å². The minimum Gasteiger partial charge on any atom is -0.0683 e. The molecule has 0 aliphatic carbocycles. The Bertz CT molecular complexity index is 35.3. The van der Waals surface area contributed by atoms with Gasteiger partial charge in [-0.2, -0.15) is 0 Å². The van der Waals surface area contributed by atoms with Crippen LogP contribution >= 0.6 is 0 Å². The lowest BCUT2D eigenvalue weighted by Crippen LogP contribution is -1.81. The van der Waals surface area contributed by atoms with E-state index < -0.39 is 0 Å². The summed E-state index contributed by atoms with van der Waals surface area (Å²) in [5.74, 6) is 0.898. The molecular weight excluding hydrogens is 144 g/mol. The van der Waals surface area contributed by atoms with Crippen LogP contribution in [0.25, 0.3) is 0 Å². The highest BCUT2D eigenvalue weighted by Gasteiger charge is 1.85. The standard InChI is InChI=1S/C6H14.C4H10.C2H6/c1-4-5-6(2)3;1-3-4-2;1-2/h6H,4-5H2,1-3H3;3-4H2,1-2H3;1-2H3. The molecule has 0 bridgehead atoms. The fourth-order valence-electron chi connectivity index (χ4n) is 0.577. The van der Waals surface area contributed by atoms with E-state index in [1.165, 1.54) is 25.7 Å². The lowest BCUT2D eigenvalue weighted by Gasteiger charge is -1.95. The third-order valence-corrected chi connectivity index (χ3v) is 1.37. The van der Waals surface area contributed by atoms with Crippen LogP contribution in [-0.2, 0) is 0 Å². The SMILES string of the molecule is CC.CCCC.CCCC(C)C. The summed E-state index contributed by atoms with van der Waals surface area (Å²) in [4.78, 5) is 0. The summed E-state index contributed by atoms with van der Waals surface area (Å²) in [5.41, 5.74) is 0. The lowest BCUT2D eigenvalue weighted by molar-refractivity contribution is 0.576. The fraction of sp³-hybridized carbons (Fsp3) is 1.00. The van der Waals surface area contributed by atoms with Crippen molar-refractivity contribution < 1.29 is 0 Å². The largest absolute Gasteiger partial charge is 0.0683 e. The van der Waals surface area contributed by atoms with Gasteiger partial charge in [0.05, 0.1) is 0 Å². The average Bonchev–Trinajstić information content (AvgIpc) is 2.08. The van der Waals surface area contributed by atoms with Crippen LogP contribution in [0.3, 0.4) is 0 Å². The summed E-state index contributed by atoms with van der Waals surface area (Å²) in [5, 5.41) is 0. The quantitative estimate of drug-likeness (QED) is 0.546. The first-order chi connectivity index (χ1) is 5.68. The zero-order valence-corrected chi connectivity index (χ0v) is 10.4. The lowest BCUT2D eigenvalue weighted by atomic mass is 10.1. The number of hydrogen-bond donors (Lipinski definition) is 0. The van der Waals surface area contributed by atoms with E-state index in [1.807, 2.05) is 13.8 Å². The molecule has 0 radical (unpaired) electrons. The average molecular weight is 174 g/mol. The molecule has 0 amide bonds. The van der Waals surface area contributed by atoms with Crippen molar-refractivity contribution in [1.29, 1.82) is 0 Å². The van der Waals surface area contributed by atoms with Crippen LogP contribution in [0.5, 0.6) is 0 Å². The molecule has 0 atom stereocenters. The van der Waals surface area contributed by atoms with Crippen LogP contribution in [0.4, 0.5) is 0 Å². The Hall–Kier alpha value is 0. The molecule has 0 aromatic rings. The maximum atomic E-state index is 2.25. The maximum absolute atomic E-state index is 2.25. The van der Waals surface area contributed by atoms with Crippen molar-refractivity contribution >= 4 is 0 Å². The van der Waals surface area contributed by atoms with Crippen LogP contribution in [-0.4, -0.2) is 0 Å². The van der Waals surface area contributed by atoms with Crippen molar-refractivity contribution in [3.8, 4) is 0 Å². The van der Waals surface area contributed by atoms with E-state index in [4.69, 9.17) is 0 Å². The summed E-state index contributed by atoms with van der Waals surface area (Å²) in [7, 11) is 0. The molecule has 0 rings (SSSR count). The van der Waals surface area contributed by atoms with Crippen LogP contribution in [0, 0.1) is 5.92 Å². The highest BCUT2D eigenvalue weighted by Crippen LogP contribution is 2.00. The van der Waals surface area contributed by atoms with E-state index in [0.717, 1.165) is 5.92 Å². The number of hydrogen-bond acceptors (Lipinski definition) is 0. The van der Waals surface area contributed by atoms with Crippen molar-refractivity contribution in [3.63, 3.8) is 0 Å². The van der Waals surface area contributed by atoms with E-state index in [-0.39, 0.29) is 0 Å². The first-order valence-corrected chi connectivity index (χ1v) is 5.68. The monoisotopic (exact) mass is 174 g/mol. The summed E-state index contributed by atoms with van der Waals surface area (Å²) in [6, 6.07) is 0. The van der Waals surface area contributed by atoms with Crippen molar-refractivity contribution in [3.05, 3.63) is 0 Å². The zero-order valence-electron chi connectivity index (χ0n) is 10.4. The molecule has 0 aromatic heterocycles. The molecule has 0 saturated carbocycles. The predicted octanol–water partition coefficient (Wildman–Crippen LogP) is 5.28. The molecule has 0 spiro atoms. The van der Waals surface area contributed by atoms with Gasteiger partial charge in [0, 0.05) is 0 Å². The van der Waals surface area contributed by atoms with Gasteiger partial charge in [0.2, 0.25) is 0 Å². The summed E-state index contributed by atoms with van der Waals surface area (Å²) in [6.07, 6.45) is 5.34. The summed E-state index contributed by atoms with van der Waals surface area (Å²) in [6.45, 7) is 15.1. The fourth-order valence-corrected chi connectivity index (χ4v) is 0.577. The third kappa shape index (κ3) is 50.6. The number of unbranched alkanes of at least 4 members (excludes halogenated alkanes) is 1. The van der Waals surface area contributed by atoms with Crippen LogP contribution in [0.2, 0.25) is 0 Å². The second kappa shape index (κ2) is 22.4. The highest BCUT2D eigenvalue weighted by molar-refractivity contribution is 4.38. The van der Waals surface area contributed by atoms with Crippen molar-refractivity contribution in [2.24, 2.45) is 5.92 Å². The molecule has 0 aliphatic heterocycles. The number of rotatable bonds is 3. The van der Waals surface area contributed by atoms with E-state index in [2.05, 4.69) is 34.6 Å². The zero-order chi connectivity index (χ0) is 10.4. The van der Waals surface area contributed by atoms with E-state index >= 15 is 0 Å². The molecule has 0 aromatic carbocycles. The second-order valence-corrected chi connectivity index (χ2v) is 3.18. The minimum absolute atomic E-state index is 0.898. The maximum Gasteiger partial charge on any atom is -0.0471 e. The van der Waals surface area contributed by atoms with Gasteiger partial charge >= 0.3 is 0 Å². The molecule has 0 unspecified atom stereocenters. The van der Waals surface area contributed by atoms with Crippen LogP contribution < -0.4 is 0 Å². The molecular formula is C12H30. The van der Waals surface area contributed by atoms with Gasteiger partial charge in [-0.25, -0.2) is 0 Å². The molecule has 0 nitrogen and oxygen atoms in total. The van der Waals surface area contributed by atoms with E-state index in [1.54, 1.807) is 0 Å². The van der Waals surface area contributed by atoms with E-state index in [0.29, 0.717) is 0 Å². The van der Waals surface area contributed by atoms with Gasteiger partial charge in [-0.1, -0.05) is 74.1 Å². The Morgan fingerprint density at radius 2 is 1.08 bits per heavy atom. The first kappa shape index (κ1) is 17.9. The topological polar surface area (TPSA) is 0 Å². The van der Waals surface area contributed by atoms with Gasteiger partial charge in [-0.05, 0) is 5.92 Å². The molecule has 12 heavy (non-hydrogen) atoms. The Balaban J connectivity index is -0.000000118. The van der Waals surface area contributed by atoms with Crippen molar-refractivity contribution in [2.45, 2.75) is 74.1 Å². The Morgan fingerprint density at radius 1 is 0.750 bits per heavy atom. The summed E-state index contributed by atoms with van der Waals surface area (Å²) < 4.78 is 0. The predicted molar refractivity (Wildman–Crippen MR) is 61.7 cm³/mol. The van der Waals surface area contributed by atoms with E-state index in [9.17, 15) is 0 Å². The summed E-state index contributed by atoms with van der Waals surface area (Å²) >= 11 is 0. The van der Waals surface area contributed by atoms with Gasteiger partial charge in [0.15, 0.2) is 0 Å². The Kier molecular flexibility index (Phi) is 33.5. The molecule has 0 saturated heterocycles. The smallest absolute Gasteiger partial charge is 0.0471 e. The molecule has 0 fully saturated rings. The molecule has 0 heterocycles. The Morgan fingerprint density at radius 3 is 1.08 bits per heavy atom. The van der Waals surface area contributed by atoms with Crippen LogP contribution in [0.1, 0.15) is 74.1 Å². The third-order valence-electron chi connectivity index (χ3n) is 1.37. The Labute approximate surface area is 80.8 Å². The van der Waals surface area contributed by atoms with Crippen molar-refractivity contribution in [1.82, 2.24) is 0 Å². The van der Waals surface area contributed by atoms with Gasteiger partial charge in [-0.3, -0.25) is 0 Å². The highest BCUT2D eigenvalue weighted by atomic mass is 13.9. The first-order valence-electron chi connectivity index (χ1n) is 5.68. The van der Waals surface area contributed by atoms with Crippen LogP contribution in [0.15, 0.2) is 0 Å².